The first kappa shape index (κ1) is 20.6. The normalized spacial score (nSPS) is 14.3. The Morgan fingerprint density at radius 1 is 0.912 bits per heavy atom. The van der Waals surface area contributed by atoms with Gasteiger partial charge in [-0.3, -0.25) is 9.36 Å². The topological polar surface area (TPSA) is 85.9 Å². The summed E-state index contributed by atoms with van der Waals surface area (Å²) in [6, 6.07) is 14.6. The van der Waals surface area contributed by atoms with Gasteiger partial charge < -0.3 is 15.0 Å². The number of morpholine rings is 1. The van der Waals surface area contributed by atoms with E-state index in [9.17, 15) is 0 Å². The zero-order valence-electron chi connectivity index (χ0n) is 19.5. The monoisotopic (exact) mass is 454 g/mol. The molecule has 6 rings (SSSR count). The standard InChI is InChI=1S/C25H26N8O/c1-16-20-6-4-17(13-23(20)32(3)30-16)21-14-24(29-25(28-21)33-8-10-34-11-9-33)27-19-5-7-22-18(12-19)15-26-31(22)2/h4-7,12-15H,8-11H2,1-3H3,(H,27,28,29). The molecule has 2 aromatic carbocycles. The summed E-state index contributed by atoms with van der Waals surface area (Å²) in [5.41, 5.74) is 6.03. The van der Waals surface area contributed by atoms with Crippen LogP contribution in [0.2, 0.25) is 0 Å². The molecular formula is C25H26N8O. The van der Waals surface area contributed by atoms with E-state index >= 15 is 0 Å². The molecule has 0 bridgehead atoms. The Hall–Kier alpha value is -3.98. The lowest BCUT2D eigenvalue weighted by molar-refractivity contribution is 0.122. The van der Waals surface area contributed by atoms with Crippen molar-refractivity contribution < 1.29 is 4.74 Å². The fourth-order valence-electron chi connectivity index (χ4n) is 4.54. The minimum absolute atomic E-state index is 0.675. The highest BCUT2D eigenvalue weighted by molar-refractivity contribution is 5.87. The second-order valence-electron chi connectivity index (χ2n) is 8.65. The van der Waals surface area contributed by atoms with Crippen LogP contribution < -0.4 is 10.2 Å². The molecule has 0 spiro atoms. The fourth-order valence-corrected chi connectivity index (χ4v) is 4.54. The Bertz CT molecular complexity index is 1510. The van der Waals surface area contributed by atoms with Crippen LogP contribution in [0.4, 0.5) is 17.5 Å². The number of anilines is 3. The van der Waals surface area contributed by atoms with Gasteiger partial charge in [-0.1, -0.05) is 12.1 Å². The van der Waals surface area contributed by atoms with Gasteiger partial charge in [0.2, 0.25) is 5.95 Å². The molecule has 0 unspecified atom stereocenters. The summed E-state index contributed by atoms with van der Waals surface area (Å²) in [5.74, 6) is 1.45. The summed E-state index contributed by atoms with van der Waals surface area (Å²) in [7, 11) is 3.92. The van der Waals surface area contributed by atoms with Crippen molar-refractivity contribution in [2.24, 2.45) is 14.1 Å². The molecule has 1 fully saturated rings. The van der Waals surface area contributed by atoms with E-state index in [0.29, 0.717) is 19.2 Å². The molecule has 3 aromatic heterocycles. The molecule has 1 N–H and O–H groups in total. The molecule has 0 radical (unpaired) electrons. The zero-order chi connectivity index (χ0) is 23.2. The smallest absolute Gasteiger partial charge is 0.228 e. The third-order valence-corrected chi connectivity index (χ3v) is 6.36. The van der Waals surface area contributed by atoms with Crippen molar-refractivity contribution in [1.29, 1.82) is 0 Å². The Morgan fingerprint density at radius 3 is 2.62 bits per heavy atom. The van der Waals surface area contributed by atoms with Crippen LogP contribution in [0.1, 0.15) is 5.69 Å². The van der Waals surface area contributed by atoms with E-state index in [2.05, 4.69) is 50.7 Å². The van der Waals surface area contributed by atoms with Crippen molar-refractivity contribution in [3.8, 4) is 11.3 Å². The maximum Gasteiger partial charge on any atom is 0.228 e. The molecule has 0 aliphatic carbocycles. The number of aryl methyl sites for hydroxylation is 3. The largest absolute Gasteiger partial charge is 0.378 e. The number of rotatable bonds is 4. The van der Waals surface area contributed by atoms with Crippen LogP contribution in [0.25, 0.3) is 33.1 Å². The number of hydrogen-bond acceptors (Lipinski definition) is 7. The first-order chi connectivity index (χ1) is 16.5. The molecule has 1 aliphatic heterocycles. The van der Waals surface area contributed by atoms with E-state index in [0.717, 1.165) is 63.4 Å². The third kappa shape index (κ3) is 3.63. The number of nitrogens with zero attached hydrogens (tertiary/aromatic N) is 7. The van der Waals surface area contributed by atoms with Gasteiger partial charge in [-0.05, 0) is 31.2 Å². The highest BCUT2D eigenvalue weighted by Gasteiger charge is 2.17. The predicted octanol–water partition coefficient (Wildman–Crippen LogP) is 3.81. The molecular weight excluding hydrogens is 428 g/mol. The van der Waals surface area contributed by atoms with Crippen molar-refractivity contribution in [2.75, 3.05) is 36.5 Å². The fraction of sp³-hybridized carbons (Fsp3) is 0.280. The highest BCUT2D eigenvalue weighted by Crippen LogP contribution is 2.29. The van der Waals surface area contributed by atoms with Crippen LogP contribution in [0.3, 0.4) is 0 Å². The van der Waals surface area contributed by atoms with Crippen molar-refractivity contribution in [2.45, 2.75) is 6.92 Å². The number of benzene rings is 2. The lowest BCUT2D eigenvalue weighted by Gasteiger charge is -2.27. The molecule has 34 heavy (non-hydrogen) atoms. The number of fused-ring (bicyclic) bond motifs is 2. The lowest BCUT2D eigenvalue weighted by Crippen LogP contribution is -2.37. The summed E-state index contributed by atoms with van der Waals surface area (Å²) in [6.07, 6.45) is 1.87. The Labute approximate surface area is 197 Å². The van der Waals surface area contributed by atoms with Gasteiger partial charge >= 0.3 is 0 Å². The molecule has 0 amide bonds. The van der Waals surface area contributed by atoms with E-state index in [1.807, 2.05) is 48.7 Å². The molecule has 4 heterocycles. The molecule has 9 nitrogen and oxygen atoms in total. The summed E-state index contributed by atoms with van der Waals surface area (Å²) in [4.78, 5) is 12.0. The van der Waals surface area contributed by atoms with Crippen LogP contribution in [-0.4, -0.2) is 55.8 Å². The van der Waals surface area contributed by atoms with Crippen molar-refractivity contribution in [3.63, 3.8) is 0 Å². The van der Waals surface area contributed by atoms with E-state index < -0.39 is 0 Å². The first-order valence-corrected chi connectivity index (χ1v) is 11.4. The van der Waals surface area contributed by atoms with Gasteiger partial charge in [-0.15, -0.1) is 0 Å². The second kappa shape index (κ2) is 8.11. The van der Waals surface area contributed by atoms with Crippen LogP contribution in [0.15, 0.2) is 48.7 Å². The number of nitrogens with one attached hydrogen (secondary N) is 1. The van der Waals surface area contributed by atoms with Crippen LogP contribution in [-0.2, 0) is 18.8 Å². The Morgan fingerprint density at radius 2 is 1.76 bits per heavy atom. The minimum Gasteiger partial charge on any atom is -0.378 e. The summed E-state index contributed by atoms with van der Waals surface area (Å²) in [5, 5.41) is 14.6. The predicted molar refractivity (Wildman–Crippen MR) is 134 cm³/mol. The van der Waals surface area contributed by atoms with E-state index in [4.69, 9.17) is 14.7 Å². The van der Waals surface area contributed by atoms with Gasteiger partial charge in [0.05, 0.1) is 41.8 Å². The van der Waals surface area contributed by atoms with Crippen LogP contribution in [0.5, 0.6) is 0 Å². The van der Waals surface area contributed by atoms with Gasteiger partial charge in [-0.25, -0.2) is 4.98 Å². The SMILES string of the molecule is Cc1nn(C)c2cc(-c3cc(Nc4ccc5c(cnn5C)c4)nc(N4CCOCC4)n3)ccc12. The van der Waals surface area contributed by atoms with E-state index in [1.165, 1.54) is 0 Å². The van der Waals surface area contributed by atoms with E-state index in [1.54, 1.807) is 0 Å². The maximum atomic E-state index is 5.54. The second-order valence-corrected chi connectivity index (χ2v) is 8.65. The van der Waals surface area contributed by atoms with Gasteiger partial charge in [-0.2, -0.15) is 15.2 Å². The summed E-state index contributed by atoms with van der Waals surface area (Å²) in [6.45, 7) is 4.92. The van der Waals surface area contributed by atoms with Crippen LogP contribution >= 0.6 is 0 Å². The molecule has 172 valence electrons. The molecule has 0 saturated carbocycles. The van der Waals surface area contributed by atoms with Crippen molar-refractivity contribution in [3.05, 3.63) is 54.4 Å². The lowest BCUT2D eigenvalue weighted by atomic mass is 10.1. The average molecular weight is 455 g/mol. The number of ether oxygens (including phenoxy) is 1. The highest BCUT2D eigenvalue weighted by atomic mass is 16.5. The van der Waals surface area contributed by atoms with E-state index in [-0.39, 0.29) is 0 Å². The molecule has 0 atom stereocenters. The number of aromatic nitrogens is 6. The molecule has 1 saturated heterocycles. The molecule has 5 aromatic rings. The zero-order valence-corrected chi connectivity index (χ0v) is 19.5. The summed E-state index contributed by atoms with van der Waals surface area (Å²) >= 11 is 0. The average Bonchev–Trinajstić information content (AvgIpc) is 3.37. The number of hydrogen-bond donors (Lipinski definition) is 1. The van der Waals surface area contributed by atoms with Crippen molar-refractivity contribution in [1.82, 2.24) is 29.5 Å². The minimum atomic E-state index is 0.675. The quantitative estimate of drug-likeness (QED) is 0.442. The molecule has 9 heteroatoms. The van der Waals surface area contributed by atoms with Gasteiger partial charge in [0, 0.05) is 55.3 Å². The maximum absolute atomic E-state index is 5.54. The Kier molecular flexibility index (Phi) is 4.91. The van der Waals surface area contributed by atoms with Gasteiger partial charge in [0.25, 0.3) is 0 Å². The third-order valence-electron chi connectivity index (χ3n) is 6.36. The van der Waals surface area contributed by atoms with Gasteiger partial charge in [0.1, 0.15) is 5.82 Å². The first-order valence-electron chi connectivity index (χ1n) is 11.4. The summed E-state index contributed by atoms with van der Waals surface area (Å²) < 4.78 is 9.33. The van der Waals surface area contributed by atoms with Gasteiger partial charge in [0.15, 0.2) is 0 Å². The Balaban J connectivity index is 1.43. The van der Waals surface area contributed by atoms with Crippen molar-refractivity contribution >= 4 is 39.3 Å². The van der Waals surface area contributed by atoms with Crippen LogP contribution in [0, 0.1) is 6.92 Å². The molecule has 1 aliphatic rings.